The first-order valence-electron chi connectivity index (χ1n) is 7.68. The van der Waals surface area contributed by atoms with E-state index in [1.54, 1.807) is 15.4 Å². The molecule has 5 heteroatoms. The van der Waals surface area contributed by atoms with Crippen molar-refractivity contribution in [1.29, 1.82) is 0 Å². The topological polar surface area (TPSA) is 37.6 Å². The summed E-state index contributed by atoms with van der Waals surface area (Å²) >= 11 is 6.49. The molecule has 0 aliphatic heterocycles. The molecule has 2 aromatic heterocycles. The standard InChI is InChI=1S/C18H18ClN3O/c1-3-21(4-2)18(23)14-11-8-12-22-16(19)15(20-17(14)22)13-9-6-5-7-10-13/h5-12H,3-4H2,1-2H3. The second kappa shape index (κ2) is 6.42. The van der Waals surface area contributed by atoms with Crippen molar-refractivity contribution in [2.75, 3.05) is 13.1 Å². The van der Waals surface area contributed by atoms with Crippen LogP contribution in [0.4, 0.5) is 0 Å². The number of halogens is 1. The summed E-state index contributed by atoms with van der Waals surface area (Å²) in [6.07, 6.45) is 1.83. The second-order valence-corrected chi connectivity index (χ2v) is 5.57. The van der Waals surface area contributed by atoms with Crippen molar-refractivity contribution in [2.45, 2.75) is 13.8 Å². The first-order valence-corrected chi connectivity index (χ1v) is 8.06. The SMILES string of the molecule is CCN(CC)C(=O)c1cccn2c(Cl)c(-c3ccccc3)nc12. The van der Waals surface area contributed by atoms with Gasteiger partial charge in [-0.05, 0) is 26.0 Å². The number of rotatable bonds is 4. The van der Waals surface area contributed by atoms with Gasteiger partial charge in [0.2, 0.25) is 0 Å². The molecule has 0 saturated carbocycles. The molecule has 0 atom stereocenters. The summed E-state index contributed by atoms with van der Waals surface area (Å²) in [6, 6.07) is 13.4. The highest BCUT2D eigenvalue weighted by Gasteiger charge is 2.20. The van der Waals surface area contributed by atoms with E-state index in [4.69, 9.17) is 11.6 Å². The van der Waals surface area contributed by atoms with Gasteiger partial charge in [-0.1, -0.05) is 41.9 Å². The van der Waals surface area contributed by atoms with Gasteiger partial charge in [0.05, 0.1) is 5.56 Å². The van der Waals surface area contributed by atoms with Gasteiger partial charge in [0.1, 0.15) is 10.8 Å². The molecule has 3 rings (SSSR count). The lowest BCUT2D eigenvalue weighted by Gasteiger charge is -2.18. The first kappa shape index (κ1) is 15.6. The van der Waals surface area contributed by atoms with Gasteiger partial charge in [0.15, 0.2) is 5.65 Å². The predicted molar refractivity (Wildman–Crippen MR) is 92.9 cm³/mol. The van der Waals surface area contributed by atoms with E-state index in [-0.39, 0.29) is 5.91 Å². The molecule has 0 fully saturated rings. The molecule has 0 saturated heterocycles. The van der Waals surface area contributed by atoms with Gasteiger partial charge in [-0.25, -0.2) is 4.98 Å². The van der Waals surface area contributed by atoms with Crippen molar-refractivity contribution in [3.8, 4) is 11.3 Å². The van der Waals surface area contributed by atoms with Crippen LogP contribution in [-0.4, -0.2) is 33.3 Å². The number of imidazole rings is 1. The lowest BCUT2D eigenvalue weighted by Crippen LogP contribution is -2.30. The maximum atomic E-state index is 12.7. The van der Waals surface area contributed by atoms with E-state index in [1.807, 2.05) is 56.4 Å². The van der Waals surface area contributed by atoms with Gasteiger partial charge >= 0.3 is 0 Å². The van der Waals surface area contributed by atoms with Gasteiger partial charge in [-0.15, -0.1) is 0 Å². The van der Waals surface area contributed by atoms with Crippen LogP contribution in [0, 0.1) is 0 Å². The van der Waals surface area contributed by atoms with Crippen molar-refractivity contribution in [2.24, 2.45) is 0 Å². The lowest BCUT2D eigenvalue weighted by molar-refractivity contribution is 0.0774. The number of hydrogen-bond acceptors (Lipinski definition) is 2. The van der Waals surface area contributed by atoms with Crippen LogP contribution in [0.3, 0.4) is 0 Å². The Kier molecular flexibility index (Phi) is 4.35. The van der Waals surface area contributed by atoms with E-state index in [1.165, 1.54) is 0 Å². The van der Waals surface area contributed by atoms with E-state index in [0.29, 0.717) is 35.1 Å². The average Bonchev–Trinajstić information content (AvgIpc) is 2.94. The van der Waals surface area contributed by atoms with E-state index < -0.39 is 0 Å². The maximum absolute atomic E-state index is 12.7. The zero-order chi connectivity index (χ0) is 16.4. The molecule has 23 heavy (non-hydrogen) atoms. The largest absolute Gasteiger partial charge is 0.339 e. The number of carbonyl (C=O) groups excluding carboxylic acids is 1. The zero-order valence-corrected chi connectivity index (χ0v) is 13.9. The molecular formula is C18H18ClN3O. The number of pyridine rings is 1. The summed E-state index contributed by atoms with van der Waals surface area (Å²) < 4.78 is 1.76. The van der Waals surface area contributed by atoms with Gasteiger partial charge < -0.3 is 4.90 Å². The maximum Gasteiger partial charge on any atom is 0.257 e. The van der Waals surface area contributed by atoms with E-state index in [2.05, 4.69) is 4.98 Å². The van der Waals surface area contributed by atoms with Crippen molar-refractivity contribution < 1.29 is 4.79 Å². The molecule has 2 heterocycles. The highest BCUT2D eigenvalue weighted by atomic mass is 35.5. The fourth-order valence-corrected chi connectivity index (χ4v) is 2.95. The van der Waals surface area contributed by atoms with Crippen LogP contribution in [0.15, 0.2) is 48.7 Å². The third-order valence-electron chi connectivity index (χ3n) is 3.92. The molecular weight excluding hydrogens is 310 g/mol. The lowest BCUT2D eigenvalue weighted by atomic mass is 10.2. The van der Waals surface area contributed by atoms with Crippen molar-refractivity contribution in [1.82, 2.24) is 14.3 Å². The predicted octanol–water partition coefficient (Wildman–Crippen LogP) is 4.14. The van der Waals surface area contributed by atoms with Crippen LogP contribution >= 0.6 is 11.6 Å². The molecule has 3 aromatic rings. The van der Waals surface area contributed by atoms with Crippen LogP contribution in [0.1, 0.15) is 24.2 Å². The first-order chi connectivity index (χ1) is 11.2. The number of amides is 1. The Morgan fingerprint density at radius 3 is 2.48 bits per heavy atom. The molecule has 118 valence electrons. The monoisotopic (exact) mass is 327 g/mol. The molecule has 0 bridgehead atoms. The highest BCUT2D eigenvalue weighted by molar-refractivity contribution is 6.32. The molecule has 0 aliphatic carbocycles. The van der Waals surface area contributed by atoms with Crippen LogP contribution in [-0.2, 0) is 0 Å². The number of carbonyl (C=O) groups is 1. The minimum absolute atomic E-state index is 0.0260. The summed E-state index contributed by atoms with van der Waals surface area (Å²) in [6.45, 7) is 5.26. The number of fused-ring (bicyclic) bond motifs is 1. The molecule has 1 aromatic carbocycles. The Labute approximate surface area is 140 Å². The quantitative estimate of drug-likeness (QED) is 0.722. The van der Waals surface area contributed by atoms with Gasteiger partial charge in [-0.2, -0.15) is 0 Å². The van der Waals surface area contributed by atoms with Crippen LogP contribution in [0.25, 0.3) is 16.9 Å². The van der Waals surface area contributed by atoms with E-state index >= 15 is 0 Å². The normalized spacial score (nSPS) is 10.9. The molecule has 0 radical (unpaired) electrons. The number of benzene rings is 1. The zero-order valence-electron chi connectivity index (χ0n) is 13.2. The van der Waals surface area contributed by atoms with Gasteiger partial charge in [-0.3, -0.25) is 9.20 Å². The summed E-state index contributed by atoms with van der Waals surface area (Å²) in [4.78, 5) is 19.1. The molecule has 0 unspecified atom stereocenters. The van der Waals surface area contributed by atoms with Crippen LogP contribution in [0.5, 0.6) is 0 Å². The third-order valence-corrected chi connectivity index (χ3v) is 4.28. The molecule has 4 nitrogen and oxygen atoms in total. The van der Waals surface area contributed by atoms with Crippen LogP contribution in [0.2, 0.25) is 5.15 Å². The Morgan fingerprint density at radius 2 is 1.83 bits per heavy atom. The summed E-state index contributed by atoms with van der Waals surface area (Å²) in [5.74, 6) is -0.0260. The summed E-state index contributed by atoms with van der Waals surface area (Å²) in [5, 5.41) is 0.514. The number of aromatic nitrogens is 2. The fraction of sp³-hybridized carbons (Fsp3) is 0.222. The fourth-order valence-electron chi connectivity index (χ4n) is 2.67. The second-order valence-electron chi connectivity index (χ2n) is 5.21. The smallest absolute Gasteiger partial charge is 0.257 e. The molecule has 0 aliphatic rings. The van der Waals surface area contributed by atoms with Crippen molar-refractivity contribution >= 4 is 23.2 Å². The molecule has 0 N–H and O–H groups in total. The number of nitrogens with zero attached hydrogens (tertiary/aromatic N) is 3. The van der Waals surface area contributed by atoms with Crippen molar-refractivity contribution in [3.63, 3.8) is 0 Å². The van der Waals surface area contributed by atoms with E-state index in [9.17, 15) is 4.79 Å². The minimum Gasteiger partial charge on any atom is -0.339 e. The Bertz CT molecular complexity index is 838. The average molecular weight is 328 g/mol. The third kappa shape index (κ3) is 2.70. The minimum atomic E-state index is -0.0260. The van der Waals surface area contributed by atoms with Gasteiger partial charge in [0.25, 0.3) is 5.91 Å². The van der Waals surface area contributed by atoms with Crippen LogP contribution < -0.4 is 0 Å². The molecule has 1 amide bonds. The Hall–Kier alpha value is -2.33. The van der Waals surface area contributed by atoms with Gasteiger partial charge in [0, 0.05) is 24.8 Å². The Morgan fingerprint density at radius 1 is 1.13 bits per heavy atom. The molecule has 0 spiro atoms. The van der Waals surface area contributed by atoms with E-state index in [0.717, 1.165) is 5.56 Å². The Balaban J connectivity index is 2.17. The summed E-state index contributed by atoms with van der Waals surface area (Å²) in [7, 11) is 0. The van der Waals surface area contributed by atoms with Crippen molar-refractivity contribution in [3.05, 3.63) is 59.4 Å². The number of hydrogen-bond donors (Lipinski definition) is 0. The summed E-state index contributed by atoms with van der Waals surface area (Å²) in [5.41, 5.74) is 2.78. The highest BCUT2D eigenvalue weighted by Crippen LogP contribution is 2.29.